The Balaban J connectivity index is 1.86. The number of ether oxygens (including phenoxy) is 2. The lowest BCUT2D eigenvalue weighted by Crippen LogP contribution is -2.19. The molecule has 0 saturated carbocycles. The van der Waals surface area contributed by atoms with E-state index in [0.29, 0.717) is 32.8 Å². The number of aliphatic imine (C=N–C) groups is 1. The van der Waals surface area contributed by atoms with E-state index in [-0.39, 0.29) is 11.7 Å². The quantitative estimate of drug-likeness (QED) is 0.846. The van der Waals surface area contributed by atoms with Crippen molar-refractivity contribution in [3.63, 3.8) is 0 Å². The molecule has 1 heterocycles. The number of hydrogen-bond acceptors (Lipinski definition) is 5. The largest absolute Gasteiger partial charge is 0.497 e. The molecule has 2 aromatic carbocycles. The maximum Gasteiger partial charge on any atom is 0.264 e. The first-order chi connectivity index (χ1) is 12.1. The maximum atomic E-state index is 13.3. The molecule has 1 aliphatic heterocycles. The Kier molecular flexibility index (Phi) is 5.04. The molecule has 0 radical (unpaired) electrons. The van der Waals surface area contributed by atoms with Gasteiger partial charge in [0.1, 0.15) is 23.0 Å². The normalized spacial score (nSPS) is 17.0. The maximum absolute atomic E-state index is 13.3. The van der Waals surface area contributed by atoms with Gasteiger partial charge in [-0.3, -0.25) is 4.79 Å². The Morgan fingerprint density at radius 1 is 1.16 bits per heavy atom. The highest BCUT2D eigenvalue weighted by atomic mass is 32.2. The second-order valence-electron chi connectivity index (χ2n) is 5.07. The average Bonchev–Trinajstić information content (AvgIpc) is 2.94. The number of halogens is 1. The third kappa shape index (κ3) is 4.00. The summed E-state index contributed by atoms with van der Waals surface area (Å²) in [5, 5.41) is 3.12. The highest BCUT2D eigenvalue weighted by Gasteiger charge is 2.24. The van der Waals surface area contributed by atoms with Crippen molar-refractivity contribution in [2.24, 2.45) is 4.99 Å². The van der Waals surface area contributed by atoms with Crippen LogP contribution in [0.1, 0.15) is 5.56 Å². The molecular weight excluding hydrogens is 343 g/mol. The fourth-order valence-corrected chi connectivity index (χ4v) is 3.05. The van der Waals surface area contributed by atoms with Gasteiger partial charge < -0.3 is 14.8 Å². The second kappa shape index (κ2) is 7.40. The molecule has 0 unspecified atom stereocenters. The van der Waals surface area contributed by atoms with Gasteiger partial charge in [-0.2, -0.15) is 0 Å². The molecule has 0 spiro atoms. The zero-order chi connectivity index (χ0) is 17.8. The summed E-state index contributed by atoms with van der Waals surface area (Å²) in [6, 6.07) is 11.3. The molecule has 1 N–H and O–H groups in total. The van der Waals surface area contributed by atoms with Crippen molar-refractivity contribution in [2.75, 3.05) is 14.2 Å². The Morgan fingerprint density at radius 3 is 2.72 bits per heavy atom. The third-order valence-electron chi connectivity index (χ3n) is 3.41. The first kappa shape index (κ1) is 17.0. The van der Waals surface area contributed by atoms with Crippen LogP contribution in [0.2, 0.25) is 0 Å². The number of thioether (sulfide) groups is 1. The number of nitrogens with zero attached hydrogens (tertiary/aromatic N) is 1. The van der Waals surface area contributed by atoms with Gasteiger partial charge in [-0.05, 0) is 47.7 Å². The number of amidine groups is 1. The Bertz CT molecular complexity index is 880. The zero-order valence-corrected chi connectivity index (χ0v) is 14.4. The van der Waals surface area contributed by atoms with E-state index in [0.717, 1.165) is 0 Å². The minimum absolute atomic E-state index is 0.277. The van der Waals surface area contributed by atoms with Crippen molar-refractivity contribution >= 4 is 34.6 Å². The molecule has 0 aromatic heterocycles. The van der Waals surface area contributed by atoms with E-state index in [9.17, 15) is 9.18 Å². The minimum Gasteiger partial charge on any atom is -0.497 e. The van der Waals surface area contributed by atoms with Crippen LogP contribution in [0.15, 0.2) is 52.4 Å². The SMILES string of the molecule is COc1ccc(N=C2NC(=O)/C(=C/c3cccc(F)c3)S2)c(OC)c1. The van der Waals surface area contributed by atoms with Crippen molar-refractivity contribution in [2.45, 2.75) is 0 Å². The van der Waals surface area contributed by atoms with E-state index in [1.165, 1.54) is 31.0 Å². The first-order valence-electron chi connectivity index (χ1n) is 7.36. The number of methoxy groups -OCH3 is 2. The van der Waals surface area contributed by atoms with Gasteiger partial charge in [-0.25, -0.2) is 9.38 Å². The number of carbonyl (C=O) groups is 1. The van der Waals surface area contributed by atoms with E-state index in [1.807, 2.05) is 0 Å². The molecule has 1 amide bonds. The standard InChI is InChI=1S/C18H15FN2O3S/c1-23-13-6-7-14(15(10-13)24-2)20-18-21-17(22)16(25-18)9-11-4-3-5-12(19)8-11/h3-10H,1-2H3,(H,20,21,22)/b16-9-. The molecule has 3 rings (SSSR count). The van der Waals surface area contributed by atoms with Crippen molar-refractivity contribution in [3.8, 4) is 11.5 Å². The van der Waals surface area contributed by atoms with Crippen LogP contribution in [0.5, 0.6) is 11.5 Å². The van der Waals surface area contributed by atoms with Crippen LogP contribution in [0.25, 0.3) is 6.08 Å². The number of amides is 1. The Morgan fingerprint density at radius 2 is 2.00 bits per heavy atom. The highest BCUT2D eigenvalue weighted by Crippen LogP contribution is 2.34. The van der Waals surface area contributed by atoms with Gasteiger partial charge >= 0.3 is 0 Å². The van der Waals surface area contributed by atoms with E-state index >= 15 is 0 Å². The van der Waals surface area contributed by atoms with Gasteiger partial charge in [0, 0.05) is 6.07 Å². The van der Waals surface area contributed by atoms with Crippen LogP contribution < -0.4 is 14.8 Å². The van der Waals surface area contributed by atoms with Gasteiger partial charge in [0.15, 0.2) is 5.17 Å². The zero-order valence-electron chi connectivity index (χ0n) is 13.6. The fraction of sp³-hybridized carbons (Fsp3) is 0.111. The number of benzene rings is 2. The smallest absolute Gasteiger partial charge is 0.264 e. The predicted molar refractivity (Wildman–Crippen MR) is 96.8 cm³/mol. The van der Waals surface area contributed by atoms with Crippen LogP contribution in [0, 0.1) is 5.82 Å². The molecule has 128 valence electrons. The summed E-state index contributed by atoms with van der Waals surface area (Å²) < 4.78 is 23.7. The molecule has 0 aliphatic carbocycles. The monoisotopic (exact) mass is 358 g/mol. The molecule has 0 bridgehead atoms. The lowest BCUT2D eigenvalue weighted by Gasteiger charge is -2.07. The minimum atomic E-state index is -0.352. The molecule has 25 heavy (non-hydrogen) atoms. The van der Waals surface area contributed by atoms with E-state index < -0.39 is 0 Å². The lowest BCUT2D eigenvalue weighted by molar-refractivity contribution is -0.115. The average molecular weight is 358 g/mol. The van der Waals surface area contributed by atoms with Gasteiger partial charge in [0.05, 0.1) is 19.1 Å². The van der Waals surface area contributed by atoms with Gasteiger partial charge in [0.2, 0.25) is 0 Å². The van der Waals surface area contributed by atoms with Crippen molar-refractivity contribution < 1.29 is 18.7 Å². The molecule has 1 aliphatic rings. The van der Waals surface area contributed by atoms with Crippen molar-refractivity contribution in [1.82, 2.24) is 5.32 Å². The highest BCUT2D eigenvalue weighted by molar-refractivity contribution is 8.18. The first-order valence-corrected chi connectivity index (χ1v) is 8.18. The summed E-state index contributed by atoms with van der Waals surface area (Å²) in [4.78, 5) is 17.0. The van der Waals surface area contributed by atoms with Crippen molar-refractivity contribution in [3.05, 3.63) is 58.8 Å². The molecule has 1 fully saturated rings. The molecule has 5 nitrogen and oxygen atoms in total. The van der Waals surface area contributed by atoms with Crippen molar-refractivity contribution in [1.29, 1.82) is 0 Å². The molecule has 0 atom stereocenters. The number of carbonyl (C=O) groups excluding carboxylic acids is 1. The van der Waals surface area contributed by atoms with Gasteiger partial charge in [-0.15, -0.1) is 0 Å². The van der Waals surface area contributed by atoms with Crippen LogP contribution in [-0.4, -0.2) is 25.3 Å². The van der Waals surface area contributed by atoms with Crippen LogP contribution in [0.4, 0.5) is 10.1 Å². The summed E-state index contributed by atoms with van der Waals surface area (Å²) in [7, 11) is 3.10. The van der Waals surface area contributed by atoms with Gasteiger partial charge in [-0.1, -0.05) is 12.1 Å². The molecule has 7 heteroatoms. The Hall–Kier alpha value is -2.80. The van der Waals surface area contributed by atoms with E-state index in [1.54, 1.807) is 43.5 Å². The molecule has 1 saturated heterocycles. The molecular formula is C18H15FN2O3S. The lowest BCUT2D eigenvalue weighted by atomic mass is 10.2. The summed E-state index contributed by atoms with van der Waals surface area (Å²) in [5.74, 6) is 0.551. The summed E-state index contributed by atoms with van der Waals surface area (Å²) in [5.41, 5.74) is 1.18. The number of nitrogens with one attached hydrogen (secondary N) is 1. The van der Waals surface area contributed by atoms with Crippen LogP contribution in [-0.2, 0) is 4.79 Å². The van der Waals surface area contributed by atoms with E-state index in [4.69, 9.17) is 9.47 Å². The summed E-state index contributed by atoms with van der Waals surface area (Å²) >= 11 is 1.18. The summed E-state index contributed by atoms with van der Waals surface area (Å²) in [6.45, 7) is 0. The number of rotatable bonds is 4. The second-order valence-corrected chi connectivity index (χ2v) is 6.11. The van der Waals surface area contributed by atoms with Crippen LogP contribution >= 0.6 is 11.8 Å². The fourth-order valence-electron chi connectivity index (χ4n) is 2.21. The van der Waals surface area contributed by atoms with Crippen LogP contribution in [0.3, 0.4) is 0 Å². The van der Waals surface area contributed by atoms with Gasteiger partial charge in [0.25, 0.3) is 5.91 Å². The summed E-state index contributed by atoms with van der Waals surface area (Å²) in [6.07, 6.45) is 1.62. The topological polar surface area (TPSA) is 59.9 Å². The third-order valence-corrected chi connectivity index (χ3v) is 4.32. The molecule has 2 aromatic rings. The van der Waals surface area contributed by atoms with E-state index in [2.05, 4.69) is 10.3 Å². The Labute approximate surface area is 148 Å². The number of hydrogen-bond donors (Lipinski definition) is 1. The predicted octanol–water partition coefficient (Wildman–Crippen LogP) is 3.73.